The number of hydrogen-bond donors (Lipinski definition) is 1. The van der Waals surface area contributed by atoms with Crippen LogP contribution in [0.1, 0.15) is 52.1 Å². The molecule has 1 aromatic rings. The molecule has 0 spiro atoms. The van der Waals surface area contributed by atoms with Crippen molar-refractivity contribution in [2.45, 2.75) is 52.6 Å². The second-order valence-corrected chi connectivity index (χ2v) is 6.49. The Kier molecular flexibility index (Phi) is 7.40. The van der Waals surface area contributed by atoms with Gasteiger partial charge in [0, 0.05) is 11.0 Å². The molecule has 0 bridgehead atoms. The van der Waals surface area contributed by atoms with E-state index in [4.69, 9.17) is 5.73 Å². The molecule has 4 heteroatoms. The maximum atomic E-state index is 12.7. The summed E-state index contributed by atoms with van der Waals surface area (Å²) in [6, 6.07) is 7.64. The van der Waals surface area contributed by atoms with Crippen LogP contribution >= 0.6 is 15.9 Å². The fourth-order valence-electron chi connectivity index (χ4n) is 2.41. The second kappa shape index (κ2) is 8.54. The molecule has 0 heterocycles. The third kappa shape index (κ3) is 4.55. The van der Waals surface area contributed by atoms with Crippen LogP contribution in [-0.4, -0.2) is 23.4 Å². The molecule has 2 unspecified atom stereocenters. The highest BCUT2D eigenvalue weighted by Gasteiger charge is 2.28. The lowest BCUT2D eigenvalue weighted by Crippen LogP contribution is -2.48. The molecule has 21 heavy (non-hydrogen) atoms. The van der Waals surface area contributed by atoms with Gasteiger partial charge in [0.05, 0.1) is 12.1 Å². The lowest BCUT2D eigenvalue weighted by molar-refractivity contribution is -0.136. The molecule has 0 radical (unpaired) electrons. The van der Waals surface area contributed by atoms with Crippen LogP contribution in [0.15, 0.2) is 28.7 Å². The summed E-state index contributed by atoms with van der Waals surface area (Å²) >= 11 is 3.58. The number of nitrogens with two attached hydrogens (primary N) is 1. The topological polar surface area (TPSA) is 46.3 Å². The average Bonchev–Trinajstić information content (AvgIpc) is 2.50. The van der Waals surface area contributed by atoms with E-state index >= 15 is 0 Å². The number of benzene rings is 1. The average molecular weight is 355 g/mol. The van der Waals surface area contributed by atoms with Crippen molar-refractivity contribution >= 4 is 21.8 Å². The lowest BCUT2D eigenvalue weighted by Gasteiger charge is -2.33. The van der Waals surface area contributed by atoms with E-state index in [2.05, 4.69) is 42.8 Å². The molecule has 0 aromatic heterocycles. The van der Waals surface area contributed by atoms with Crippen LogP contribution in [0.3, 0.4) is 0 Å². The van der Waals surface area contributed by atoms with Crippen molar-refractivity contribution in [3.8, 4) is 0 Å². The first-order valence-corrected chi connectivity index (χ1v) is 8.53. The monoisotopic (exact) mass is 354 g/mol. The van der Waals surface area contributed by atoms with Gasteiger partial charge in [0.15, 0.2) is 0 Å². The molecule has 0 aliphatic carbocycles. The second-order valence-electron chi connectivity index (χ2n) is 5.64. The van der Waals surface area contributed by atoms with Gasteiger partial charge < -0.3 is 10.6 Å². The minimum absolute atomic E-state index is 0.0168. The highest BCUT2D eigenvalue weighted by Crippen LogP contribution is 2.28. The summed E-state index contributed by atoms with van der Waals surface area (Å²) in [4.78, 5) is 14.7. The number of carbonyl (C=O) groups excluding carboxylic acids is 1. The summed E-state index contributed by atoms with van der Waals surface area (Å²) in [6.45, 7) is 8.99. The number of carbonyl (C=O) groups is 1. The molecule has 1 aromatic carbocycles. The Morgan fingerprint density at radius 2 is 1.90 bits per heavy atom. The molecule has 0 saturated heterocycles. The minimum Gasteiger partial charge on any atom is -0.335 e. The Balaban J connectivity index is 3.00. The Morgan fingerprint density at radius 3 is 2.43 bits per heavy atom. The van der Waals surface area contributed by atoms with E-state index in [9.17, 15) is 4.79 Å². The molecular weight excluding hydrogens is 328 g/mol. The normalized spacial score (nSPS) is 15.3. The van der Waals surface area contributed by atoms with Crippen LogP contribution in [0.4, 0.5) is 0 Å². The maximum Gasteiger partial charge on any atom is 0.240 e. The zero-order valence-corrected chi connectivity index (χ0v) is 15.1. The van der Waals surface area contributed by atoms with Crippen molar-refractivity contribution < 1.29 is 4.79 Å². The summed E-state index contributed by atoms with van der Waals surface area (Å²) in [6.07, 6.45) is 1.84. The Hall–Kier alpha value is -0.870. The maximum absolute atomic E-state index is 12.7. The fraction of sp³-hybridized carbons (Fsp3) is 0.588. The largest absolute Gasteiger partial charge is 0.335 e. The van der Waals surface area contributed by atoms with Crippen LogP contribution in [0, 0.1) is 5.92 Å². The molecule has 0 aliphatic rings. The van der Waals surface area contributed by atoms with Gasteiger partial charge in [-0.3, -0.25) is 4.79 Å². The molecule has 3 nitrogen and oxygen atoms in total. The van der Waals surface area contributed by atoms with Crippen molar-refractivity contribution in [1.29, 1.82) is 0 Å². The van der Waals surface area contributed by atoms with Crippen LogP contribution in [0.25, 0.3) is 0 Å². The Morgan fingerprint density at radius 1 is 1.29 bits per heavy atom. The van der Waals surface area contributed by atoms with E-state index in [1.165, 1.54) is 0 Å². The number of hydrogen-bond acceptors (Lipinski definition) is 2. The van der Waals surface area contributed by atoms with Crippen LogP contribution in [0.2, 0.25) is 0 Å². The van der Waals surface area contributed by atoms with Crippen molar-refractivity contribution in [3.05, 3.63) is 34.3 Å². The number of halogens is 1. The standard InChI is InChI=1S/C17H27BrN2O/c1-5-11-20(17(21)16(19)12(3)6-2)13(4)14-9-7-8-10-15(14)18/h7-10,12-13,16H,5-6,11,19H2,1-4H3/t12?,13?,16-/m0/s1. The number of rotatable bonds is 7. The van der Waals surface area contributed by atoms with E-state index < -0.39 is 6.04 Å². The van der Waals surface area contributed by atoms with Gasteiger partial charge >= 0.3 is 0 Å². The van der Waals surface area contributed by atoms with Crippen LogP contribution in [-0.2, 0) is 4.79 Å². The van der Waals surface area contributed by atoms with Crippen molar-refractivity contribution in [2.24, 2.45) is 11.7 Å². The van der Waals surface area contributed by atoms with Gasteiger partial charge in [0.2, 0.25) is 5.91 Å². The smallest absolute Gasteiger partial charge is 0.240 e. The lowest BCUT2D eigenvalue weighted by atomic mass is 9.97. The number of nitrogens with zero attached hydrogens (tertiary/aromatic N) is 1. The van der Waals surface area contributed by atoms with Crippen LogP contribution in [0.5, 0.6) is 0 Å². The molecule has 0 aliphatic heterocycles. The first kappa shape index (κ1) is 18.2. The van der Waals surface area contributed by atoms with Gasteiger partial charge in [-0.05, 0) is 30.9 Å². The van der Waals surface area contributed by atoms with Gasteiger partial charge in [-0.15, -0.1) is 0 Å². The Bertz CT molecular complexity index is 464. The van der Waals surface area contributed by atoms with Crippen LogP contribution < -0.4 is 5.73 Å². The first-order chi connectivity index (χ1) is 9.93. The van der Waals surface area contributed by atoms with Gasteiger partial charge in [0.25, 0.3) is 0 Å². The molecule has 1 rings (SSSR count). The number of amides is 1. The van der Waals surface area contributed by atoms with Gasteiger partial charge in [-0.2, -0.15) is 0 Å². The van der Waals surface area contributed by atoms with E-state index in [1.54, 1.807) is 0 Å². The predicted molar refractivity (Wildman–Crippen MR) is 92.0 cm³/mol. The summed E-state index contributed by atoms with van der Waals surface area (Å²) in [5.74, 6) is 0.248. The SMILES string of the molecule is CCCN(C(=O)[C@@H](N)C(C)CC)C(C)c1ccccc1Br. The zero-order valence-electron chi connectivity index (χ0n) is 13.5. The summed E-state index contributed by atoms with van der Waals surface area (Å²) < 4.78 is 1.03. The molecule has 3 atom stereocenters. The summed E-state index contributed by atoms with van der Waals surface area (Å²) in [5.41, 5.74) is 7.27. The minimum atomic E-state index is -0.425. The summed E-state index contributed by atoms with van der Waals surface area (Å²) in [5, 5.41) is 0. The predicted octanol–water partition coefficient (Wildman–Crippen LogP) is 4.12. The third-order valence-corrected chi connectivity index (χ3v) is 4.83. The van der Waals surface area contributed by atoms with E-state index in [0.29, 0.717) is 0 Å². The summed E-state index contributed by atoms with van der Waals surface area (Å²) in [7, 11) is 0. The first-order valence-electron chi connectivity index (χ1n) is 7.74. The highest BCUT2D eigenvalue weighted by molar-refractivity contribution is 9.10. The molecule has 0 saturated carbocycles. The molecular formula is C17H27BrN2O. The zero-order chi connectivity index (χ0) is 16.0. The van der Waals surface area contributed by atoms with Crippen molar-refractivity contribution in [3.63, 3.8) is 0 Å². The Labute approximate surface area is 137 Å². The third-order valence-electron chi connectivity index (χ3n) is 4.11. The molecule has 0 fully saturated rings. The molecule has 2 N–H and O–H groups in total. The quantitative estimate of drug-likeness (QED) is 0.800. The van der Waals surface area contributed by atoms with E-state index in [0.717, 1.165) is 29.4 Å². The highest BCUT2D eigenvalue weighted by atomic mass is 79.9. The van der Waals surface area contributed by atoms with Crippen molar-refractivity contribution in [1.82, 2.24) is 4.90 Å². The van der Waals surface area contributed by atoms with Gasteiger partial charge in [-0.25, -0.2) is 0 Å². The van der Waals surface area contributed by atoms with Crippen molar-refractivity contribution in [2.75, 3.05) is 6.54 Å². The fourth-order valence-corrected chi connectivity index (χ4v) is 3.02. The van der Waals surface area contributed by atoms with Gasteiger partial charge in [0.1, 0.15) is 0 Å². The van der Waals surface area contributed by atoms with E-state index in [-0.39, 0.29) is 17.9 Å². The van der Waals surface area contributed by atoms with Gasteiger partial charge in [-0.1, -0.05) is 61.3 Å². The van der Waals surface area contributed by atoms with E-state index in [1.807, 2.05) is 30.0 Å². The molecule has 1 amide bonds. The molecule has 118 valence electrons.